The third-order valence-electron chi connectivity index (χ3n) is 10.7. The predicted molar refractivity (Wildman–Crippen MR) is 191 cm³/mol. The van der Waals surface area contributed by atoms with Gasteiger partial charge < -0.3 is 27.9 Å². The van der Waals surface area contributed by atoms with Gasteiger partial charge in [0.15, 0.2) is 20.1 Å². The Balaban J connectivity index is 2.03. The normalized spacial score (nSPS) is 30.5. The van der Waals surface area contributed by atoms with Crippen molar-refractivity contribution >= 4 is 35.6 Å². The van der Waals surface area contributed by atoms with E-state index < -0.39 is 76.9 Å². The Kier molecular flexibility index (Phi) is 10.6. The summed E-state index contributed by atoms with van der Waals surface area (Å²) in [5.74, 6) is 0. The van der Waals surface area contributed by atoms with Gasteiger partial charge in [0, 0.05) is 11.8 Å². The van der Waals surface area contributed by atoms with E-state index in [0.717, 1.165) is 5.41 Å². The van der Waals surface area contributed by atoms with Crippen LogP contribution in [-0.2, 0) is 36.4 Å². The molecule has 3 aliphatic heterocycles. The molecule has 1 aromatic rings. The molecule has 17 heteroatoms. The highest BCUT2D eigenvalue weighted by atomic mass is 32.2. The number of ether oxygens (including phenoxy) is 1. The molecule has 4 heterocycles. The van der Waals surface area contributed by atoms with E-state index in [9.17, 15) is 18.0 Å². The minimum Gasteiger partial charge on any atom is -0.414 e. The molecule has 1 aromatic heterocycles. The van der Waals surface area contributed by atoms with Gasteiger partial charge in [-0.1, -0.05) is 76.2 Å². The topological polar surface area (TPSA) is 170 Å². The van der Waals surface area contributed by atoms with Gasteiger partial charge >= 0.3 is 22.8 Å². The van der Waals surface area contributed by atoms with E-state index in [1.54, 1.807) is 6.92 Å². The minimum atomic E-state index is -4.32. The largest absolute Gasteiger partial charge is 0.414 e. The van der Waals surface area contributed by atoms with Gasteiger partial charge in [-0.15, -0.1) is 0 Å². The summed E-state index contributed by atoms with van der Waals surface area (Å²) in [6.45, 7) is 28.5. The molecule has 13 nitrogen and oxygen atoms in total. The van der Waals surface area contributed by atoms with Crippen LogP contribution in [0.5, 0.6) is 0 Å². The maximum Gasteiger partial charge on any atom is 0.335 e. The van der Waals surface area contributed by atoms with E-state index in [2.05, 4.69) is 60.4 Å². The van der Waals surface area contributed by atoms with Crippen LogP contribution in [-0.4, -0.2) is 73.9 Å². The van der Waals surface area contributed by atoms with Gasteiger partial charge in [0.1, 0.15) is 12.2 Å². The number of nitrogens with one attached hydrogen (secondary N) is 1. The Morgan fingerprint density at radius 1 is 1.02 bits per heavy atom. The van der Waals surface area contributed by atoms with Crippen molar-refractivity contribution in [3.05, 3.63) is 43.7 Å². The van der Waals surface area contributed by atoms with Gasteiger partial charge in [-0.2, -0.15) is 8.42 Å². The third-order valence-corrected chi connectivity index (χ3v) is 26.5. The Morgan fingerprint density at radius 3 is 2.02 bits per heavy atom. The fourth-order valence-corrected chi connectivity index (χ4v) is 20.6. The Bertz CT molecular complexity index is 1620. The average Bonchev–Trinajstić information content (AvgIpc) is 3.26. The molecule has 5 atom stereocenters. The highest BCUT2D eigenvalue weighted by Crippen LogP contribution is 2.55. The Morgan fingerprint density at radius 2 is 1.56 bits per heavy atom. The van der Waals surface area contributed by atoms with E-state index in [-0.39, 0.29) is 45.1 Å². The van der Waals surface area contributed by atoms with Crippen LogP contribution in [0.25, 0.3) is 0 Å². The standard InChI is InChI=1S/C31H57N3O10SSi3/c1-18(2)47(19(3)4)39-16-23(41-48(44-47,20(5)6)21(7)8)25-31(24(32)17-45(37,38)43-31)26(42-46(13,14)30(10,11)12)28(40-25)34-15-22(9)27(35)33-29(34)36/h15,17-21,23,25-26,28H,16,32H2,1-14H3,(H,33,35,36)/t23-,25-,26+,28-,31?/m1/s1. The second-order valence-electron chi connectivity index (χ2n) is 16.3. The number of hydrogen-bond acceptors (Lipinski definition) is 11. The van der Waals surface area contributed by atoms with Crippen molar-refractivity contribution in [2.75, 3.05) is 6.61 Å². The zero-order valence-corrected chi connectivity index (χ0v) is 34.8. The Labute approximate surface area is 288 Å². The van der Waals surface area contributed by atoms with E-state index in [4.69, 9.17) is 32.0 Å². The molecule has 2 saturated heterocycles. The SMILES string of the molecule is Cc1cn([C@@H]2O[C@H]([C@H]3CO[Si](C(C)C)(C(C)C)O[Si](C(C)C)(C(C)C)O3)C3(OS(=O)(=O)C=C3N)[C@H]2O[Si](C)(C)C(C)(C)C)c(=O)[nH]c1=O. The summed E-state index contributed by atoms with van der Waals surface area (Å²) in [5.41, 5.74) is 3.72. The molecule has 0 bridgehead atoms. The molecule has 0 radical (unpaired) electrons. The monoisotopic (exact) mass is 747 g/mol. The molecule has 1 spiro atoms. The molecule has 3 aliphatic rings. The first-order valence-electron chi connectivity index (χ1n) is 16.9. The number of nitrogens with two attached hydrogens (primary N) is 1. The lowest BCUT2D eigenvalue weighted by Crippen LogP contribution is -2.62. The van der Waals surface area contributed by atoms with Gasteiger partial charge in [0.05, 0.1) is 23.8 Å². The van der Waals surface area contributed by atoms with E-state index >= 15 is 0 Å². The van der Waals surface area contributed by atoms with Gasteiger partial charge in [-0.25, -0.2) is 8.98 Å². The fourth-order valence-electron chi connectivity index (χ4n) is 6.97. The number of aromatic amines is 1. The Hall–Kier alpha value is -1.42. The third kappa shape index (κ3) is 6.45. The lowest BCUT2D eigenvalue weighted by molar-refractivity contribution is -0.101. The van der Waals surface area contributed by atoms with Crippen molar-refractivity contribution in [3.8, 4) is 0 Å². The lowest BCUT2D eigenvalue weighted by atomic mass is 9.86. The second kappa shape index (κ2) is 13.0. The van der Waals surface area contributed by atoms with Crippen LogP contribution in [0.2, 0.25) is 40.3 Å². The zero-order chi connectivity index (χ0) is 36.6. The number of aromatic nitrogens is 2. The van der Waals surface area contributed by atoms with Crippen LogP contribution in [0, 0.1) is 6.92 Å². The summed E-state index contributed by atoms with van der Waals surface area (Å²) in [7, 11) is -13.2. The average molecular weight is 748 g/mol. The molecule has 2 fully saturated rings. The molecule has 4 rings (SSSR count). The summed E-state index contributed by atoms with van der Waals surface area (Å²) in [6.07, 6.45) is -3.26. The molecule has 0 aromatic carbocycles. The summed E-state index contributed by atoms with van der Waals surface area (Å²) >= 11 is 0. The first kappa shape index (κ1) is 39.4. The summed E-state index contributed by atoms with van der Waals surface area (Å²) in [6, 6.07) is 0. The molecule has 274 valence electrons. The highest BCUT2D eigenvalue weighted by molar-refractivity contribution is 7.90. The minimum absolute atomic E-state index is 0.0129. The van der Waals surface area contributed by atoms with Crippen LogP contribution in [0.1, 0.15) is 88.0 Å². The first-order chi connectivity index (χ1) is 21.8. The molecule has 3 N–H and O–H groups in total. The predicted octanol–water partition coefficient (Wildman–Crippen LogP) is 4.99. The van der Waals surface area contributed by atoms with E-state index in [0.29, 0.717) is 0 Å². The van der Waals surface area contributed by atoms with Crippen LogP contribution < -0.4 is 17.0 Å². The van der Waals surface area contributed by atoms with E-state index in [1.165, 1.54) is 10.8 Å². The molecule has 0 saturated carbocycles. The van der Waals surface area contributed by atoms with Crippen molar-refractivity contribution in [2.24, 2.45) is 5.73 Å². The van der Waals surface area contributed by atoms with Gasteiger partial charge in [0.2, 0.25) is 0 Å². The van der Waals surface area contributed by atoms with Gasteiger partial charge in [-0.05, 0) is 47.2 Å². The summed E-state index contributed by atoms with van der Waals surface area (Å²) < 4.78 is 69.3. The van der Waals surface area contributed by atoms with Crippen LogP contribution in [0.15, 0.2) is 26.9 Å². The van der Waals surface area contributed by atoms with Crippen LogP contribution >= 0.6 is 0 Å². The van der Waals surface area contributed by atoms with Crippen molar-refractivity contribution in [1.82, 2.24) is 9.55 Å². The maximum atomic E-state index is 13.5. The lowest BCUT2D eigenvalue weighted by Gasteiger charge is -2.46. The smallest absolute Gasteiger partial charge is 0.335 e. The number of rotatable bonds is 8. The van der Waals surface area contributed by atoms with Crippen molar-refractivity contribution in [1.29, 1.82) is 0 Å². The van der Waals surface area contributed by atoms with Gasteiger partial charge in [-0.3, -0.25) is 14.3 Å². The van der Waals surface area contributed by atoms with Crippen LogP contribution in [0.4, 0.5) is 0 Å². The molecule has 0 amide bonds. The molecule has 1 unspecified atom stereocenters. The van der Waals surface area contributed by atoms with Crippen molar-refractivity contribution < 1.29 is 34.7 Å². The first-order valence-corrected chi connectivity index (χ1v) is 25.2. The maximum absolute atomic E-state index is 13.5. The second-order valence-corrected chi connectivity index (χ2v) is 31.3. The van der Waals surface area contributed by atoms with Crippen molar-refractivity contribution in [2.45, 2.75) is 154 Å². The number of H-pyrrole nitrogens is 1. The van der Waals surface area contributed by atoms with E-state index in [1.807, 2.05) is 33.9 Å². The summed E-state index contributed by atoms with van der Waals surface area (Å²) in [5, 5.41) is 0.547. The van der Waals surface area contributed by atoms with Crippen molar-refractivity contribution in [3.63, 3.8) is 0 Å². The number of hydrogen-bond donors (Lipinski definition) is 2. The molecule has 0 aliphatic carbocycles. The number of aryl methyl sites for hydroxylation is 1. The highest BCUT2D eigenvalue weighted by Gasteiger charge is 2.71. The van der Waals surface area contributed by atoms with Crippen LogP contribution in [0.3, 0.4) is 0 Å². The van der Waals surface area contributed by atoms with Gasteiger partial charge in [0.25, 0.3) is 15.7 Å². The summed E-state index contributed by atoms with van der Waals surface area (Å²) in [4.78, 5) is 28.3. The quantitative estimate of drug-likeness (QED) is 0.271. The molecular weight excluding hydrogens is 691 g/mol. The molecule has 48 heavy (non-hydrogen) atoms. The molecular formula is C31H57N3O10SSi3. The zero-order valence-electron chi connectivity index (χ0n) is 31.0. The number of nitrogens with zero attached hydrogens (tertiary/aromatic N) is 1. The fraction of sp³-hybridized carbons (Fsp3) is 0.806.